The molecule has 1 unspecified atom stereocenters. The molecule has 1 heterocycles. The van der Waals surface area contributed by atoms with Crippen LogP contribution in [0.25, 0.3) is 10.1 Å². The third-order valence-corrected chi connectivity index (χ3v) is 8.96. The topological polar surface area (TPSA) is 54.5 Å². The summed E-state index contributed by atoms with van der Waals surface area (Å²) < 4.78 is 28.1. The maximum Gasteiger partial charge on any atom is 0.264 e. The van der Waals surface area contributed by atoms with Gasteiger partial charge in [-0.05, 0) is 61.6 Å². The summed E-state index contributed by atoms with van der Waals surface area (Å²) in [6.45, 7) is 2.19. The molecule has 29 heavy (non-hydrogen) atoms. The Morgan fingerprint density at radius 2 is 2.00 bits per heavy atom. The van der Waals surface area contributed by atoms with Crippen LogP contribution >= 0.6 is 22.9 Å². The van der Waals surface area contributed by atoms with Gasteiger partial charge in [0.15, 0.2) is 5.43 Å². The van der Waals surface area contributed by atoms with Crippen LogP contribution in [0.15, 0.2) is 52.2 Å². The van der Waals surface area contributed by atoms with E-state index in [9.17, 15) is 13.2 Å². The molecular formula is C22H22ClNO3S2. The lowest BCUT2D eigenvalue weighted by molar-refractivity contribution is 0.448. The molecule has 7 heteroatoms. The summed E-state index contributed by atoms with van der Waals surface area (Å²) >= 11 is 7.59. The van der Waals surface area contributed by atoms with E-state index in [2.05, 4.69) is 6.92 Å². The van der Waals surface area contributed by atoms with Gasteiger partial charge in [0.05, 0.1) is 10.6 Å². The molecule has 0 bridgehead atoms. The number of anilines is 1. The van der Waals surface area contributed by atoms with Crippen molar-refractivity contribution in [1.29, 1.82) is 0 Å². The third-order valence-electron chi connectivity index (χ3n) is 5.73. The molecule has 0 saturated carbocycles. The van der Waals surface area contributed by atoms with Gasteiger partial charge in [0, 0.05) is 32.6 Å². The van der Waals surface area contributed by atoms with E-state index < -0.39 is 10.0 Å². The predicted molar refractivity (Wildman–Crippen MR) is 121 cm³/mol. The van der Waals surface area contributed by atoms with Crippen molar-refractivity contribution >= 4 is 48.7 Å². The Hall–Kier alpha value is -1.89. The van der Waals surface area contributed by atoms with Crippen molar-refractivity contribution in [1.82, 2.24) is 0 Å². The van der Waals surface area contributed by atoms with E-state index in [1.165, 1.54) is 23.5 Å². The number of hydrogen-bond acceptors (Lipinski definition) is 4. The minimum Gasteiger partial charge on any atom is -0.289 e. The monoisotopic (exact) mass is 447 g/mol. The highest BCUT2D eigenvalue weighted by Gasteiger charge is 2.24. The van der Waals surface area contributed by atoms with Gasteiger partial charge in [0.2, 0.25) is 0 Å². The van der Waals surface area contributed by atoms with Crippen molar-refractivity contribution < 1.29 is 8.42 Å². The van der Waals surface area contributed by atoms with Crippen molar-refractivity contribution in [3.05, 3.63) is 68.2 Å². The summed E-state index contributed by atoms with van der Waals surface area (Å²) in [6.07, 6.45) is 3.95. The summed E-state index contributed by atoms with van der Waals surface area (Å²) in [5, 5.41) is 1.04. The molecule has 0 fully saturated rings. The molecule has 0 saturated heterocycles. The van der Waals surface area contributed by atoms with Crippen LogP contribution in [0.2, 0.25) is 5.02 Å². The van der Waals surface area contributed by atoms with Crippen molar-refractivity contribution in [2.45, 2.75) is 37.5 Å². The molecule has 1 atom stereocenters. The average molecular weight is 448 g/mol. The van der Waals surface area contributed by atoms with Crippen LogP contribution in [0.4, 0.5) is 5.69 Å². The molecule has 0 radical (unpaired) electrons. The Balaban J connectivity index is 1.78. The van der Waals surface area contributed by atoms with Gasteiger partial charge in [-0.25, -0.2) is 8.42 Å². The van der Waals surface area contributed by atoms with Crippen molar-refractivity contribution in [3.63, 3.8) is 0 Å². The minimum atomic E-state index is -3.75. The van der Waals surface area contributed by atoms with E-state index >= 15 is 0 Å². The first kappa shape index (κ1) is 20.4. The van der Waals surface area contributed by atoms with Crippen LogP contribution in [0.3, 0.4) is 0 Å². The van der Waals surface area contributed by atoms with Crippen LogP contribution < -0.4 is 9.73 Å². The Bertz CT molecular complexity index is 1250. The minimum absolute atomic E-state index is 0.0928. The molecule has 0 amide bonds. The first-order valence-corrected chi connectivity index (χ1v) is 12.3. The van der Waals surface area contributed by atoms with E-state index in [4.69, 9.17) is 11.6 Å². The van der Waals surface area contributed by atoms with Crippen LogP contribution in [-0.4, -0.2) is 15.5 Å². The van der Waals surface area contributed by atoms with E-state index in [-0.39, 0.29) is 10.3 Å². The van der Waals surface area contributed by atoms with Crippen molar-refractivity contribution in [2.75, 3.05) is 11.4 Å². The molecule has 4 rings (SSSR count). The quantitative estimate of drug-likeness (QED) is 0.548. The smallest absolute Gasteiger partial charge is 0.264 e. The lowest BCUT2D eigenvalue weighted by Gasteiger charge is -2.23. The summed E-state index contributed by atoms with van der Waals surface area (Å²) in [5.41, 5.74) is 1.56. The lowest BCUT2D eigenvalue weighted by Crippen LogP contribution is -2.26. The molecule has 0 N–H and O–H groups in total. The number of fused-ring (bicyclic) bond motifs is 2. The first-order chi connectivity index (χ1) is 13.8. The molecule has 0 spiro atoms. The fourth-order valence-electron chi connectivity index (χ4n) is 3.87. The number of benzene rings is 2. The first-order valence-electron chi connectivity index (χ1n) is 9.64. The normalized spacial score (nSPS) is 16.6. The van der Waals surface area contributed by atoms with E-state index in [1.54, 1.807) is 41.7 Å². The Morgan fingerprint density at radius 1 is 1.21 bits per heavy atom. The standard InChI is InChI=1S/C22H22ClNO3S2/c1-3-14-7-9-18-20(11-14)28-21-13-16(8-10-19(21)22(18)25)24(2)29(26,27)17-6-4-5-15(23)12-17/h4-6,8,10,12-14H,3,7,9,11H2,1-2H3. The number of rotatable bonds is 4. The molecule has 1 aromatic heterocycles. The van der Waals surface area contributed by atoms with E-state index in [1.807, 2.05) is 0 Å². The predicted octanol–water partition coefficient (Wildman–Crippen LogP) is 5.25. The maximum atomic E-state index is 13.0. The molecule has 152 valence electrons. The summed E-state index contributed by atoms with van der Waals surface area (Å²) in [6, 6.07) is 11.5. The zero-order chi connectivity index (χ0) is 20.8. The molecule has 0 aliphatic heterocycles. The van der Waals surface area contributed by atoms with Gasteiger partial charge in [-0.2, -0.15) is 0 Å². The number of nitrogens with zero attached hydrogens (tertiary/aromatic N) is 1. The van der Waals surface area contributed by atoms with Gasteiger partial charge in [0.25, 0.3) is 10.0 Å². The summed E-state index contributed by atoms with van der Waals surface area (Å²) in [4.78, 5) is 14.3. The highest BCUT2D eigenvalue weighted by molar-refractivity contribution is 7.92. The average Bonchev–Trinajstić information content (AvgIpc) is 2.72. The van der Waals surface area contributed by atoms with Crippen LogP contribution in [0.1, 0.15) is 30.2 Å². The molecular weight excluding hydrogens is 426 g/mol. The van der Waals surface area contributed by atoms with Gasteiger partial charge in [0.1, 0.15) is 0 Å². The number of sulfonamides is 1. The van der Waals surface area contributed by atoms with Crippen molar-refractivity contribution in [2.24, 2.45) is 5.92 Å². The fraction of sp³-hybridized carbons (Fsp3) is 0.318. The highest BCUT2D eigenvalue weighted by Crippen LogP contribution is 2.34. The van der Waals surface area contributed by atoms with E-state index in [0.717, 1.165) is 40.8 Å². The second kappa shape index (κ2) is 7.74. The Kier molecular flexibility index (Phi) is 5.44. The van der Waals surface area contributed by atoms with E-state index in [0.29, 0.717) is 22.0 Å². The largest absolute Gasteiger partial charge is 0.289 e. The van der Waals surface area contributed by atoms with Gasteiger partial charge in [-0.1, -0.05) is 31.0 Å². The zero-order valence-electron chi connectivity index (χ0n) is 16.3. The number of halogens is 1. The zero-order valence-corrected chi connectivity index (χ0v) is 18.7. The van der Waals surface area contributed by atoms with Gasteiger partial charge in [-0.15, -0.1) is 11.3 Å². The van der Waals surface area contributed by atoms with Gasteiger partial charge < -0.3 is 0 Å². The summed E-state index contributed by atoms with van der Waals surface area (Å²) in [7, 11) is -2.23. The van der Waals surface area contributed by atoms with Crippen LogP contribution in [-0.2, 0) is 22.9 Å². The fourth-order valence-corrected chi connectivity index (χ4v) is 6.71. The molecule has 3 aromatic rings. The number of hydrogen-bond donors (Lipinski definition) is 0. The third kappa shape index (κ3) is 3.69. The second-order valence-electron chi connectivity index (χ2n) is 7.46. The molecule has 4 nitrogen and oxygen atoms in total. The molecule has 1 aliphatic carbocycles. The van der Waals surface area contributed by atoms with Crippen LogP contribution in [0.5, 0.6) is 0 Å². The second-order valence-corrected chi connectivity index (χ2v) is 11.0. The maximum absolute atomic E-state index is 13.0. The molecule has 1 aliphatic rings. The Labute approximate surface area is 179 Å². The lowest BCUT2D eigenvalue weighted by atomic mass is 9.87. The highest BCUT2D eigenvalue weighted by atomic mass is 35.5. The van der Waals surface area contributed by atoms with Crippen LogP contribution in [0, 0.1) is 5.92 Å². The van der Waals surface area contributed by atoms with Crippen molar-refractivity contribution in [3.8, 4) is 0 Å². The molecule has 2 aromatic carbocycles. The summed E-state index contributed by atoms with van der Waals surface area (Å²) in [5.74, 6) is 0.615. The van der Waals surface area contributed by atoms with Gasteiger partial charge >= 0.3 is 0 Å². The SMILES string of the molecule is CCC1CCc2c(sc3cc(N(C)S(=O)(=O)c4cccc(Cl)c4)ccc3c2=O)C1. The Morgan fingerprint density at radius 3 is 2.72 bits per heavy atom. The van der Waals surface area contributed by atoms with Gasteiger partial charge in [-0.3, -0.25) is 9.10 Å².